The van der Waals surface area contributed by atoms with E-state index in [2.05, 4.69) is 40.0 Å². The number of halogens is 1. The van der Waals surface area contributed by atoms with E-state index in [4.69, 9.17) is 10.5 Å². The van der Waals surface area contributed by atoms with Crippen LogP contribution in [0.3, 0.4) is 0 Å². The Morgan fingerprint density at radius 2 is 1.82 bits per heavy atom. The second kappa shape index (κ2) is 5.61. The van der Waals surface area contributed by atoms with Crippen molar-refractivity contribution in [3.8, 4) is 11.4 Å². The molecule has 2 N–H and O–H groups in total. The van der Waals surface area contributed by atoms with Crippen molar-refractivity contribution in [1.29, 1.82) is 0 Å². The second-order valence-electron chi connectivity index (χ2n) is 5.12. The Labute approximate surface area is 137 Å². The number of fused-ring (bicyclic) bond motifs is 1. The average molecular weight is 361 g/mol. The van der Waals surface area contributed by atoms with Crippen molar-refractivity contribution < 1.29 is 4.74 Å². The number of nitrogens with two attached hydrogens (primary N) is 1. The lowest BCUT2D eigenvalue weighted by molar-refractivity contribution is 0.342. The van der Waals surface area contributed by atoms with Gasteiger partial charge in [0.15, 0.2) is 0 Å². The number of hydrogen-bond donors (Lipinski definition) is 1. The van der Waals surface area contributed by atoms with E-state index in [0.29, 0.717) is 18.0 Å². The zero-order valence-corrected chi connectivity index (χ0v) is 14.3. The van der Waals surface area contributed by atoms with Crippen LogP contribution in [0.25, 0.3) is 16.7 Å². The smallest absolute Gasteiger partial charge is 0.144 e. The first-order chi connectivity index (χ1) is 10.5. The van der Waals surface area contributed by atoms with Gasteiger partial charge in [-0.3, -0.25) is 0 Å². The standard InChI is InChI=1S/C16H17BrN4O/c1-4-22-16-8-14-13(7-12(16)18)19-21(20-14)15-6-5-11(17)9(2)10(15)3/h5-8H,4,18H2,1-3H3. The molecule has 1 heterocycles. The molecule has 114 valence electrons. The van der Waals surface area contributed by atoms with Crippen LogP contribution in [0.1, 0.15) is 18.1 Å². The van der Waals surface area contributed by atoms with Crippen molar-refractivity contribution in [2.24, 2.45) is 0 Å². The number of nitrogens with zero attached hydrogens (tertiary/aromatic N) is 3. The van der Waals surface area contributed by atoms with E-state index in [0.717, 1.165) is 26.8 Å². The van der Waals surface area contributed by atoms with Gasteiger partial charge < -0.3 is 10.5 Å². The van der Waals surface area contributed by atoms with E-state index in [9.17, 15) is 0 Å². The fraction of sp³-hybridized carbons (Fsp3) is 0.250. The average Bonchev–Trinajstić information content (AvgIpc) is 2.88. The highest BCUT2D eigenvalue weighted by Crippen LogP contribution is 2.28. The van der Waals surface area contributed by atoms with Gasteiger partial charge in [0, 0.05) is 10.5 Å². The molecule has 22 heavy (non-hydrogen) atoms. The molecule has 1 aromatic heterocycles. The highest BCUT2D eigenvalue weighted by atomic mass is 79.9. The Hall–Kier alpha value is -2.08. The number of anilines is 1. The van der Waals surface area contributed by atoms with Gasteiger partial charge in [-0.2, -0.15) is 4.80 Å². The number of rotatable bonds is 3. The molecule has 5 nitrogen and oxygen atoms in total. The number of benzene rings is 2. The van der Waals surface area contributed by atoms with Gasteiger partial charge in [-0.1, -0.05) is 15.9 Å². The molecule has 2 aromatic carbocycles. The number of hydrogen-bond acceptors (Lipinski definition) is 4. The topological polar surface area (TPSA) is 66.0 Å². The molecule has 0 atom stereocenters. The molecule has 0 fully saturated rings. The van der Waals surface area contributed by atoms with E-state index < -0.39 is 0 Å². The molecule has 0 spiro atoms. The lowest BCUT2D eigenvalue weighted by Crippen LogP contribution is -2.02. The summed E-state index contributed by atoms with van der Waals surface area (Å²) in [4.78, 5) is 1.65. The van der Waals surface area contributed by atoms with Crippen LogP contribution < -0.4 is 10.5 Å². The zero-order chi connectivity index (χ0) is 15.9. The molecule has 0 unspecified atom stereocenters. The van der Waals surface area contributed by atoms with E-state index in [-0.39, 0.29) is 0 Å². The zero-order valence-electron chi connectivity index (χ0n) is 12.7. The fourth-order valence-corrected chi connectivity index (χ4v) is 2.77. The number of aromatic nitrogens is 3. The second-order valence-corrected chi connectivity index (χ2v) is 5.97. The van der Waals surface area contributed by atoms with Gasteiger partial charge in [0.2, 0.25) is 0 Å². The van der Waals surface area contributed by atoms with Crippen LogP contribution in [0.4, 0.5) is 5.69 Å². The third-order valence-electron chi connectivity index (χ3n) is 3.72. The number of ether oxygens (including phenoxy) is 1. The summed E-state index contributed by atoms with van der Waals surface area (Å²) in [5.74, 6) is 0.644. The quantitative estimate of drug-likeness (QED) is 0.721. The highest BCUT2D eigenvalue weighted by molar-refractivity contribution is 9.10. The van der Waals surface area contributed by atoms with Crippen molar-refractivity contribution in [3.63, 3.8) is 0 Å². The third kappa shape index (κ3) is 2.43. The highest BCUT2D eigenvalue weighted by Gasteiger charge is 2.12. The van der Waals surface area contributed by atoms with Crippen LogP contribution >= 0.6 is 15.9 Å². The van der Waals surface area contributed by atoms with Gasteiger partial charge in [-0.15, -0.1) is 10.2 Å². The van der Waals surface area contributed by atoms with Gasteiger partial charge >= 0.3 is 0 Å². The molecular formula is C16H17BrN4O. The van der Waals surface area contributed by atoms with Crippen LogP contribution in [0.2, 0.25) is 0 Å². The van der Waals surface area contributed by atoms with Crippen LogP contribution in [-0.2, 0) is 0 Å². The van der Waals surface area contributed by atoms with E-state index in [1.807, 2.05) is 25.1 Å². The van der Waals surface area contributed by atoms with Gasteiger partial charge in [0.25, 0.3) is 0 Å². The maximum absolute atomic E-state index is 5.99. The maximum Gasteiger partial charge on any atom is 0.144 e. The normalized spacial score (nSPS) is 11.1. The molecule has 0 saturated carbocycles. The third-order valence-corrected chi connectivity index (χ3v) is 4.58. The summed E-state index contributed by atoms with van der Waals surface area (Å²) in [6.07, 6.45) is 0. The maximum atomic E-state index is 5.99. The molecule has 3 rings (SSSR count). The van der Waals surface area contributed by atoms with E-state index >= 15 is 0 Å². The summed E-state index contributed by atoms with van der Waals surface area (Å²) in [5.41, 5.74) is 11.3. The summed E-state index contributed by atoms with van der Waals surface area (Å²) in [7, 11) is 0. The Kier molecular flexibility index (Phi) is 3.78. The van der Waals surface area contributed by atoms with Gasteiger partial charge in [-0.05, 0) is 50.1 Å². The summed E-state index contributed by atoms with van der Waals surface area (Å²) in [6.45, 7) is 6.62. The van der Waals surface area contributed by atoms with Crippen LogP contribution in [0.5, 0.6) is 5.75 Å². The number of nitrogen functional groups attached to an aromatic ring is 1. The van der Waals surface area contributed by atoms with Gasteiger partial charge in [0.05, 0.1) is 18.0 Å². The summed E-state index contributed by atoms with van der Waals surface area (Å²) in [5, 5.41) is 9.08. The predicted molar refractivity (Wildman–Crippen MR) is 91.6 cm³/mol. The largest absolute Gasteiger partial charge is 0.492 e. The Balaban J connectivity index is 2.15. The Morgan fingerprint density at radius 1 is 1.14 bits per heavy atom. The van der Waals surface area contributed by atoms with E-state index in [1.54, 1.807) is 10.9 Å². The minimum Gasteiger partial charge on any atom is -0.492 e. The summed E-state index contributed by atoms with van der Waals surface area (Å²) in [6, 6.07) is 7.63. The van der Waals surface area contributed by atoms with Crippen molar-refractivity contribution in [2.75, 3.05) is 12.3 Å². The molecule has 0 saturated heterocycles. The summed E-state index contributed by atoms with van der Waals surface area (Å²) < 4.78 is 6.59. The van der Waals surface area contributed by atoms with Crippen molar-refractivity contribution >= 4 is 32.7 Å². The first kappa shape index (κ1) is 14.8. The molecule has 0 aliphatic rings. The van der Waals surface area contributed by atoms with Crippen LogP contribution in [0.15, 0.2) is 28.7 Å². The van der Waals surface area contributed by atoms with Crippen molar-refractivity contribution in [2.45, 2.75) is 20.8 Å². The molecular weight excluding hydrogens is 344 g/mol. The summed E-state index contributed by atoms with van der Waals surface area (Å²) >= 11 is 3.54. The minimum absolute atomic E-state index is 0.564. The monoisotopic (exact) mass is 360 g/mol. The Morgan fingerprint density at radius 3 is 2.50 bits per heavy atom. The minimum atomic E-state index is 0.564. The Bertz CT molecular complexity index is 857. The molecule has 6 heteroatoms. The van der Waals surface area contributed by atoms with Crippen LogP contribution in [0, 0.1) is 13.8 Å². The van der Waals surface area contributed by atoms with E-state index in [1.165, 1.54) is 5.56 Å². The van der Waals surface area contributed by atoms with Crippen LogP contribution in [-0.4, -0.2) is 21.6 Å². The predicted octanol–water partition coefficient (Wildman–Crippen LogP) is 3.78. The van der Waals surface area contributed by atoms with Gasteiger partial charge in [-0.25, -0.2) is 0 Å². The molecule has 0 aliphatic carbocycles. The fourth-order valence-electron chi connectivity index (χ4n) is 2.34. The first-order valence-electron chi connectivity index (χ1n) is 7.06. The molecule has 0 amide bonds. The first-order valence-corrected chi connectivity index (χ1v) is 7.86. The molecule has 0 aliphatic heterocycles. The lowest BCUT2D eigenvalue weighted by atomic mass is 10.1. The van der Waals surface area contributed by atoms with Gasteiger partial charge in [0.1, 0.15) is 16.8 Å². The van der Waals surface area contributed by atoms with Crippen molar-refractivity contribution in [1.82, 2.24) is 15.0 Å². The molecule has 0 radical (unpaired) electrons. The SMILES string of the molecule is CCOc1cc2nn(-c3ccc(Br)c(C)c3C)nc2cc1N. The lowest BCUT2D eigenvalue weighted by Gasteiger charge is -2.08. The molecule has 3 aromatic rings. The molecule has 0 bridgehead atoms. The van der Waals surface area contributed by atoms with Crippen molar-refractivity contribution in [3.05, 3.63) is 39.9 Å².